The lowest BCUT2D eigenvalue weighted by Crippen LogP contribution is -2.49. The van der Waals surface area contributed by atoms with Crippen LogP contribution in [0.5, 0.6) is 0 Å². The van der Waals surface area contributed by atoms with E-state index in [0.29, 0.717) is 25.9 Å². The Labute approximate surface area is 132 Å². The Bertz CT molecular complexity index is 702. The zero-order chi connectivity index (χ0) is 16.6. The van der Waals surface area contributed by atoms with Crippen LogP contribution in [0.1, 0.15) is 23.2 Å². The van der Waals surface area contributed by atoms with Crippen molar-refractivity contribution in [1.29, 1.82) is 0 Å². The van der Waals surface area contributed by atoms with Gasteiger partial charge >= 0.3 is 6.03 Å². The van der Waals surface area contributed by atoms with Gasteiger partial charge in [0.2, 0.25) is 5.91 Å². The molecule has 2 fully saturated rings. The number of hydrogen-bond acceptors (Lipinski definition) is 4. The third-order valence-electron chi connectivity index (χ3n) is 4.35. The predicted octanol–water partition coefficient (Wildman–Crippen LogP) is -0.458. The second-order valence-corrected chi connectivity index (χ2v) is 5.78. The van der Waals surface area contributed by atoms with E-state index in [9.17, 15) is 19.2 Å². The van der Waals surface area contributed by atoms with E-state index in [-0.39, 0.29) is 41.6 Å². The maximum atomic E-state index is 12.5. The van der Waals surface area contributed by atoms with Crippen LogP contribution in [0.4, 0.5) is 4.79 Å². The average Bonchev–Trinajstić information content (AvgIpc) is 2.88. The largest absolute Gasteiger partial charge is 0.338 e. The third-order valence-corrected chi connectivity index (χ3v) is 4.35. The van der Waals surface area contributed by atoms with Crippen molar-refractivity contribution >= 4 is 17.8 Å². The molecule has 0 saturated carbocycles. The van der Waals surface area contributed by atoms with Crippen molar-refractivity contribution in [2.24, 2.45) is 7.05 Å². The minimum Gasteiger partial charge on any atom is -0.338 e. The van der Waals surface area contributed by atoms with Gasteiger partial charge in [0.1, 0.15) is 5.56 Å². The van der Waals surface area contributed by atoms with E-state index in [0.717, 1.165) is 0 Å². The van der Waals surface area contributed by atoms with Crippen molar-refractivity contribution < 1.29 is 14.4 Å². The summed E-state index contributed by atoms with van der Waals surface area (Å²) in [4.78, 5) is 50.8. The average molecular weight is 318 g/mol. The van der Waals surface area contributed by atoms with E-state index in [4.69, 9.17) is 0 Å². The number of aromatic nitrogens is 1. The van der Waals surface area contributed by atoms with Crippen LogP contribution in [-0.4, -0.2) is 57.9 Å². The van der Waals surface area contributed by atoms with Crippen LogP contribution in [-0.2, 0) is 11.8 Å². The number of hydrogen-bond donors (Lipinski definition) is 1. The quantitative estimate of drug-likeness (QED) is 0.747. The minimum absolute atomic E-state index is 0.0397. The molecule has 8 heteroatoms. The summed E-state index contributed by atoms with van der Waals surface area (Å²) in [6.45, 7) is 0.870. The number of carbonyl (C=O) groups excluding carboxylic acids is 3. The van der Waals surface area contributed by atoms with E-state index in [1.54, 1.807) is 24.2 Å². The fraction of sp³-hybridized carbons (Fsp3) is 0.467. The van der Waals surface area contributed by atoms with Gasteiger partial charge in [0.05, 0.1) is 6.54 Å². The van der Waals surface area contributed by atoms with Crippen molar-refractivity contribution in [3.63, 3.8) is 0 Å². The molecule has 2 aliphatic heterocycles. The van der Waals surface area contributed by atoms with Crippen LogP contribution >= 0.6 is 0 Å². The fourth-order valence-electron chi connectivity index (χ4n) is 3.06. The molecule has 4 amide bonds. The first-order valence-corrected chi connectivity index (χ1v) is 7.54. The van der Waals surface area contributed by atoms with Crippen LogP contribution < -0.4 is 10.9 Å². The molecular weight excluding hydrogens is 300 g/mol. The molecule has 0 bridgehead atoms. The van der Waals surface area contributed by atoms with Crippen molar-refractivity contribution in [1.82, 2.24) is 19.7 Å². The van der Waals surface area contributed by atoms with Gasteiger partial charge < -0.3 is 14.8 Å². The first-order chi connectivity index (χ1) is 11.0. The molecule has 1 N–H and O–H groups in total. The lowest BCUT2D eigenvalue weighted by atomic mass is 10.0. The number of amides is 4. The van der Waals surface area contributed by atoms with E-state index in [2.05, 4.69) is 5.32 Å². The van der Waals surface area contributed by atoms with Crippen molar-refractivity contribution in [2.75, 3.05) is 19.6 Å². The number of pyridine rings is 1. The Hall–Kier alpha value is -2.64. The van der Waals surface area contributed by atoms with Gasteiger partial charge in [-0.25, -0.2) is 4.79 Å². The van der Waals surface area contributed by atoms with E-state index in [1.807, 2.05) is 0 Å². The summed E-state index contributed by atoms with van der Waals surface area (Å²) in [5, 5.41) is 2.50. The van der Waals surface area contributed by atoms with Gasteiger partial charge in [-0.15, -0.1) is 0 Å². The summed E-state index contributed by atoms with van der Waals surface area (Å²) in [6.07, 6.45) is 2.65. The van der Waals surface area contributed by atoms with Gasteiger partial charge in [0.25, 0.3) is 11.5 Å². The molecule has 8 nitrogen and oxygen atoms in total. The van der Waals surface area contributed by atoms with Crippen molar-refractivity contribution in [3.05, 3.63) is 34.2 Å². The number of aryl methyl sites for hydroxylation is 1. The van der Waals surface area contributed by atoms with Crippen LogP contribution in [0.3, 0.4) is 0 Å². The standard InChI is InChI=1S/C15H18N4O4/c1-17-6-2-3-11(13(17)21)14(22)18-7-4-10(5-8-18)19-12(20)9-16-15(19)23/h2-3,6,10H,4-5,7-9H2,1H3,(H,16,23). The summed E-state index contributed by atoms with van der Waals surface area (Å²) >= 11 is 0. The van der Waals surface area contributed by atoms with E-state index in [1.165, 1.54) is 15.5 Å². The topological polar surface area (TPSA) is 91.7 Å². The molecule has 2 aliphatic rings. The second-order valence-electron chi connectivity index (χ2n) is 5.78. The third kappa shape index (κ3) is 2.71. The highest BCUT2D eigenvalue weighted by atomic mass is 16.2. The number of imide groups is 1. The summed E-state index contributed by atoms with van der Waals surface area (Å²) in [6, 6.07) is 2.63. The number of nitrogens with one attached hydrogen (secondary N) is 1. The molecular formula is C15H18N4O4. The fourth-order valence-corrected chi connectivity index (χ4v) is 3.06. The Balaban J connectivity index is 1.68. The number of carbonyl (C=O) groups is 3. The molecule has 1 aromatic rings. The molecule has 3 rings (SSSR count). The van der Waals surface area contributed by atoms with Crippen LogP contribution in [0.25, 0.3) is 0 Å². The number of nitrogens with zero attached hydrogens (tertiary/aromatic N) is 3. The highest BCUT2D eigenvalue weighted by molar-refractivity contribution is 6.02. The maximum absolute atomic E-state index is 12.5. The number of likely N-dealkylation sites (tertiary alicyclic amines) is 1. The van der Waals surface area contributed by atoms with Gasteiger partial charge in [-0.2, -0.15) is 0 Å². The van der Waals surface area contributed by atoms with E-state index >= 15 is 0 Å². The molecule has 0 unspecified atom stereocenters. The van der Waals surface area contributed by atoms with Gasteiger partial charge in [-0.1, -0.05) is 0 Å². The van der Waals surface area contributed by atoms with Gasteiger partial charge in [-0.3, -0.25) is 19.3 Å². The molecule has 23 heavy (non-hydrogen) atoms. The highest BCUT2D eigenvalue weighted by Crippen LogP contribution is 2.19. The molecule has 0 atom stereocenters. The first kappa shape index (κ1) is 15.3. The molecule has 0 aliphatic carbocycles. The van der Waals surface area contributed by atoms with Crippen LogP contribution in [0.15, 0.2) is 23.1 Å². The lowest BCUT2D eigenvalue weighted by molar-refractivity contribution is -0.127. The predicted molar refractivity (Wildman–Crippen MR) is 80.9 cm³/mol. The molecule has 2 saturated heterocycles. The summed E-state index contributed by atoms with van der Waals surface area (Å²) < 4.78 is 1.37. The Kier molecular flexibility index (Phi) is 3.89. The smallest absolute Gasteiger partial charge is 0.324 e. The first-order valence-electron chi connectivity index (χ1n) is 7.54. The van der Waals surface area contributed by atoms with Crippen LogP contribution in [0.2, 0.25) is 0 Å². The summed E-state index contributed by atoms with van der Waals surface area (Å²) in [5.41, 5.74) is -0.183. The van der Waals surface area contributed by atoms with E-state index < -0.39 is 0 Å². The van der Waals surface area contributed by atoms with Crippen LogP contribution in [0, 0.1) is 0 Å². The molecule has 3 heterocycles. The van der Waals surface area contributed by atoms with Gasteiger partial charge in [0.15, 0.2) is 0 Å². The monoisotopic (exact) mass is 318 g/mol. The summed E-state index contributed by atoms with van der Waals surface area (Å²) in [7, 11) is 1.60. The van der Waals surface area contributed by atoms with Crippen molar-refractivity contribution in [3.8, 4) is 0 Å². The normalized spacial score (nSPS) is 19.2. The SMILES string of the molecule is Cn1cccc(C(=O)N2CCC(N3C(=O)CNC3=O)CC2)c1=O. The second kappa shape index (κ2) is 5.86. The Morgan fingerprint density at radius 3 is 2.52 bits per heavy atom. The molecule has 0 radical (unpaired) electrons. The molecule has 0 spiro atoms. The lowest BCUT2D eigenvalue weighted by Gasteiger charge is -2.35. The molecule has 122 valence electrons. The molecule has 1 aromatic heterocycles. The maximum Gasteiger partial charge on any atom is 0.324 e. The van der Waals surface area contributed by atoms with Gasteiger partial charge in [-0.05, 0) is 25.0 Å². The zero-order valence-electron chi connectivity index (χ0n) is 12.8. The highest BCUT2D eigenvalue weighted by Gasteiger charge is 2.37. The van der Waals surface area contributed by atoms with Gasteiger partial charge in [0, 0.05) is 32.4 Å². The number of urea groups is 1. The number of rotatable bonds is 2. The Morgan fingerprint density at radius 1 is 1.22 bits per heavy atom. The minimum atomic E-state index is -0.364. The molecule has 0 aromatic carbocycles. The zero-order valence-corrected chi connectivity index (χ0v) is 12.8. The Morgan fingerprint density at radius 2 is 1.91 bits per heavy atom. The number of piperidine rings is 1. The van der Waals surface area contributed by atoms with Crippen molar-refractivity contribution in [2.45, 2.75) is 18.9 Å². The summed E-state index contributed by atoms with van der Waals surface area (Å²) in [5.74, 6) is -0.529.